The summed E-state index contributed by atoms with van der Waals surface area (Å²) >= 11 is 1.65. The van der Waals surface area contributed by atoms with E-state index in [1.54, 1.807) is 15.6 Å². The maximum Gasteiger partial charge on any atom is 0.250 e. The number of nitrogens with zero attached hydrogens (tertiary/aromatic N) is 1. The van der Waals surface area contributed by atoms with Crippen molar-refractivity contribution < 1.29 is 17.9 Å². The lowest BCUT2D eigenvalue weighted by Gasteiger charge is -2.31. The fraction of sp³-hybridized carbons (Fsp3) is 0.321. The maximum atomic E-state index is 12.9. The van der Waals surface area contributed by atoms with Crippen LogP contribution in [0.3, 0.4) is 0 Å². The largest absolute Gasteiger partial charge is 0.380 e. The normalized spacial score (nSPS) is 15.4. The van der Waals surface area contributed by atoms with Crippen LogP contribution >= 0.6 is 11.3 Å². The Morgan fingerprint density at radius 2 is 1.86 bits per heavy atom. The Hall–Kier alpha value is -2.98. The number of H-pyrrole nitrogens is 1. The van der Waals surface area contributed by atoms with Gasteiger partial charge >= 0.3 is 0 Å². The van der Waals surface area contributed by atoms with E-state index in [2.05, 4.69) is 22.5 Å². The first-order chi connectivity index (χ1) is 17.9. The molecule has 0 unspecified atom stereocenters. The van der Waals surface area contributed by atoms with E-state index in [4.69, 9.17) is 10.5 Å². The average Bonchev–Trinajstić information content (AvgIpc) is 3.58. The molecule has 1 amide bonds. The Morgan fingerprint density at radius 3 is 2.57 bits per heavy atom. The Bertz CT molecular complexity index is 1460. The second kappa shape index (κ2) is 11.2. The number of benzene rings is 2. The molecule has 0 aliphatic carbocycles. The van der Waals surface area contributed by atoms with Crippen LogP contribution in [0.25, 0.3) is 22.0 Å². The summed E-state index contributed by atoms with van der Waals surface area (Å²) in [5.74, 6) is -0.292. The SMILES string of the molecule is NC(=O)c1cc(-c2ccccc2)cc2c(C3CCN(S(=O)(=O)CCOCCc4ccsc4)CC3)c[nH]c12. The smallest absolute Gasteiger partial charge is 0.250 e. The molecular weight excluding hydrogens is 506 g/mol. The van der Waals surface area contributed by atoms with Gasteiger partial charge in [0.05, 0.1) is 30.0 Å². The lowest BCUT2D eigenvalue weighted by molar-refractivity contribution is 0.100. The van der Waals surface area contributed by atoms with E-state index in [-0.39, 0.29) is 18.3 Å². The number of nitrogens with two attached hydrogens (primary N) is 1. The molecule has 1 saturated heterocycles. The number of aromatic nitrogens is 1. The minimum atomic E-state index is -3.37. The zero-order valence-electron chi connectivity index (χ0n) is 20.6. The molecule has 194 valence electrons. The summed E-state index contributed by atoms with van der Waals surface area (Å²) in [6, 6.07) is 15.9. The van der Waals surface area contributed by atoms with E-state index in [0.29, 0.717) is 38.1 Å². The van der Waals surface area contributed by atoms with Gasteiger partial charge in [-0.1, -0.05) is 30.3 Å². The quantitative estimate of drug-likeness (QED) is 0.285. The molecule has 0 radical (unpaired) electrons. The van der Waals surface area contributed by atoms with Crippen molar-refractivity contribution in [2.45, 2.75) is 25.2 Å². The first-order valence-corrected chi connectivity index (χ1v) is 15.0. The molecule has 37 heavy (non-hydrogen) atoms. The number of hydrogen-bond acceptors (Lipinski definition) is 5. The van der Waals surface area contributed by atoms with E-state index < -0.39 is 15.9 Å². The van der Waals surface area contributed by atoms with E-state index >= 15 is 0 Å². The Morgan fingerprint density at radius 1 is 1.08 bits per heavy atom. The topological polar surface area (TPSA) is 105 Å². The first-order valence-electron chi connectivity index (χ1n) is 12.5. The zero-order chi connectivity index (χ0) is 25.8. The lowest BCUT2D eigenvalue weighted by Crippen LogP contribution is -2.40. The number of carbonyl (C=O) groups excluding carboxylic acids is 1. The molecule has 5 rings (SSSR count). The van der Waals surface area contributed by atoms with Crippen molar-refractivity contribution in [1.82, 2.24) is 9.29 Å². The molecule has 3 heterocycles. The van der Waals surface area contributed by atoms with Crippen molar-refractivity contribution in [2.24, 2.45) is 5.73 Å². The number of fused-ring (bicyclic) bond motifs is 1. The highest BCUT2D eigenvalue weighted by Crippen LogP contribution is 2.37. The Balaban J connectivity index is 1.25. The number of piperidine rings is 1. The minimum absolute atomic E-state index is 0.00318. The highest BCUT2D eigenvalue weighted by molar-refractivity contribution is 7.89. The van der Waals surface area contributed by atoms with Gasteiger partial charge in [-0.2, -0.15) is 11.3 Å². The summed E-state index contributed by atoms with van der Waals surface area (Å²) in [5.41, 5.74) is 11.2. The summed E-state index contributed by atoms with van der Waals surface area (Å²) in [5, 5.41) is 5.07. The van der Waals surface area contributed by atoms with Crippen molar-refractivity contribution in [3.8, 4) is 11.1 Å². The average molecular weight is 538 g/mol. The Kier molecular flexibility index (Phi) is 7.76. The van der Waals surface area contributed by atoms with Crippen LogP contribution in [0.5, 0.6) is 0 Å². The number of rotatable bonds is 10. The third-order valence-electron chi connectivity index (χ3n) is 7.08. The molecule has 0 bridgehead atoms. The van der Waals surface area contributed by atoms with E-state index in [1.807, 2.05) is 48.0 Å². The van der Waals surface area contributed by atoms with Crippen LogP contribution in [-0.4, -0.2) is 55.7 Å². The van der Waals surface area contributed by atoms with Crippen LogP contribution in [-0.2, 0) is 21.2 Å². The van der Waals surface area contributed by atoms with Crippen molar-refractivity contribution in [2.75, 3.05) is 32.1 Å². The fourth-order valence-electron chi connectivity index (χ4n) is 5.05. The number of hydrogen-bond donors (Lipinski definition) is 2. The summed E-state index contributed by atoms with van der Waals surface area (Å²) < 4.78 is 33.0. The van der Waals surface area contributed by atoms with Gasteiger partial charge in [0.2, 0.25) is 10.0 Å². The number of primary amides is 1. The van der Waals surface area contributed by atoms with Gasteiger partial charge in [0, 0.05) is 24.7 Å². The fourth-order valence-corrected chi connectivity index (χ4v) is 7.10. The van der Waals surface area contributed by atoms with Gasteiger partial charge < -0.3 is 15.5 Å². The van der Waals surface area contributed by atoms with Gasteiger partial charge in [-0.15, -0.1) is 0 Å². The number of carbonyl (C=O) groups is 1. The summed E-state index contributed by atoms with van der Waals surface area (Å²) in [6.07, 6.45) is 4.17. The predicted octanol–water partition coefficient (Wildman–Crippen LogP) is 4.76. The van der Waals surface area contributed by atoms with Gasteiger partial charge in [-0.05, 0) is 76.4 Å². The van der Waals surface area contributed by atoms with Crippen LogP contribution in [0, 0.1) is 0 Å². The highest BCUT2D eigenvalue weighted by Gasteiger charge is 2.30. The molecular formula is C28H31N3O4S2. The van der Waals surface area contributed by atoms with Gasteiger partial charge in [-0.3, -0.25) is 4.79 Å². The molecule has 0 spiro atoms. The molecule has 0 saturated carbocycles. The number of thiophene rings is 1. The van der Waals surface area contributed by atoms with Crippen LogP contribution < -0.4 is 5.73 Å². The molecule has 4 aromatic rings. The Labute approximate surface area is 221 Å². The number of ether oxygens (including phenoxy) is 1. The van der Waals surface area contributed by atoms with E-state index in [1.165, 1.54) is 5.56 Å². The van der Waals surface area contributed by atoms with E-state index in [0.717, 1.165) is 34.0 Å². The molecule has 2 aromatic heterocycles. The molecule has 2 aromatic carbocycles. The first kappa shape index (κ1) is 25.7. The number of sulfonamides is 1. The van der Waals surface area contributed by atoms with Crippen molar-refractivity contribution >= 4 is 38.2 Å². The molecule has 1 aliphatic rings. The van der Waals surface area contributed by atoms with Crippen LogP contribution in [0.1, 0.15) is 40.2 Å². The molecule has 3 N–H and O–H groups in total. The number of nitrogens with one attached hydrogen (secondary N) is 1. The number of amides is 1. The van der Waals surface area contributed by atoms with E-state index in [9.17, 15) is 13.2 Å². The summed E-state index contributed by atoms with van der Waals surface area (Å²) in [7, 11) is -3.37. The van der Waals surface area contributed by atoms with Gasteiger partial charge in [-0.25, -0.2) is 12.7 Å². The number of aromatic amines is 1. The van der Waals surface area contributed by atoms with Crippen LogP contribution in [0.4, 0.5) is 0 Å². The van der Waals surface area contributed by atoms with Crippen molar-refractivity contribution in [3.05, 3.63) is 82.2 Å². The second-order valence-electron chi connectivity index (χ2n) is 9.40. The molecule has 9 heteroatoms. The second-order valence-corrected chi connectivity index (χ2v) is 12.3. The molecule has 0 atom stereocenters. The molecule has 7 nitrogen and oxygen atoms in total. The van der Waals surface area contributed by atoms with Crippen molar-refractivity contribution in [3.63, 3.8) is 0 Å². The van der Waals surface area contributed by atoms with Crippen LogP contribution in [0.2, 0.25) is 0 Å². The van der Waals surface area contributed by atoms with Gasteiger partial charge in [0.15, 0.2) is 0 Å². The van der Waals surface area contributed by atoms with Gasteiger partial charge in [0.25, 0.3) is 5.91 Å². The maximum absolute atomic E-state index is 12.9. The third-order valence-corrected chi connectivity index (χ3v) is 9.65. The molecule has 1 fully saturated rings. The van der Waals surface area contributed by atoms with Crippen molar-refractivity contribution in [1.29, 1.82) is 0 Å². The summed E-state index contributed by atoms with van der Waals surface area (Å²) in [4.78, 5) is 15.5. The minimum Gasteiger partial charge on any atom is -0.380 e. The third kappa shape index (κ3) is 5.80. The predicted molar refractivity (Wildman–Crippen MR) is 148 cm³/mol. The van der Waals surface area contributed by atoms with Gasteiger partial charge in [0.1, 0.15) is 0 Å². The zero-order valence-corrected chi connectivity index (χ0v) is 22.2. The summed E-state index contributed by atoms with van der Waals surface area (Å²) in [6.45, 7) is 1.66. The van der Waals surface area contributed by atoms with Crippen LogP contribution in [0.15, 0.2) is 65.5 Å². The lowest BCUT2D eigenvalue weighted by atomic mass is 9.88. The molecule has 1 aliphatic heterocycles. The monoisotopic (exact) mass is 537 g/mol. The standard InChI is InChI=1S/C28H31N3O4S2/c29-28(32)25-17-23(21-4-2-1-3-5-21)16-24-26(18-30-27(24)25)22-6-10-31(11-7-22)37(33,34)15-13-35-12-8-20-9-14-36-19-20/h1-5,9,14,16-19,22,30H,6-8,10-13,15H2,(H2,29,32). The highest BCUT2D eigenvalue weighted by atomic mass is 32.2.